The lowest BCUT2D eigenvalue weighted by Crippen LogP contribution is -2.68. The van der Waals surface area contributed by atoms with Crippen molar-refractivity contribution >= 4 is 32.4 Å². The zero-order chi connectivity index (χ0) is 49.4. The molecule has 0 rings (SSSR count). The smallest absolute Gasteiger partial charge is 0.262 e. The SMILES string of the molecule is O=C(OOC(=O)C(F)(OC(F)(F)C(F)(OC(F)(F)C(F)(F)S(=O)(=O)F)C(F)(F)F)C(F)(F)F)C(F)(OC(F)(F)C(F)(OC(F)(F)C(F)(F)S(=O)(=O)F)C(F)(F)F)C(F)(F)F. The molecule has 0 bridgehead atoms. The van der Waals surface area contributed by atoms with Crippen molar-refractivity contribution in [2.24, 2.45) is 0 Å². The van der Waals surface area contributed by atoms with Gasteiger partial charge in [-0.1, -0.05) is 7.77 Å². The Kier molecular flexibility index (Phi) is 14.3. The summed E-state index contributed by atoms with van der Waals surface area (Å²) in [6, 6.07) is 0. The van der Waals surface area contributed by atoms with Crippen LogP contribution in [0.2, 0.25) is 0 Å². The normalized spacial score (nSPS) is 19.4. The van der Waals surface area contributed by atoms with Crippen LogP contribution in [-0.4, -0.2) is 112 Å². The molecule has 0 aliphatic carbocycles. The lowest BCUT2D eigenvalue weighted by atomic mass is 10.2. The van der Waals surface area contributed by atoms with Crippen LogP contribution in [0.1, 0.15) is 0 Å². The van der Waals surface area contributed by atoms with E-state index in [1.165, 1.54) is 9.47 Å². The molecule has 0 radical (unpaired) electrons. The summed E-state index contributed by atoms with van der Waals surface area (Å²) in [6.45, 7) is 0. The van der Waals surface area contributed by atoms with Crippen molar-refractivity contribution in [3.63, 3.8) is 0 Å². The monoisotopic (exact) mass is 1020 g/mol. The second kappa shape index (κ2) is 15.1. The number of carbonyl (C=O) groups excluding carboxylic acids is 2. The van der Waals surface area contributed by atoms with E-state index in [1.807, 2.05) is 0 Å². The summed E-state index contributed by atoms with van der Waals surface area (Å²) < 4.78 is 445. The van der Waals surface area contributed by atoms with E-state index < -0.39 is 115 Å². The Morgan fingerprint density at radius 2 is 0.517 bits per heavy atom. The van der Waals surface area contributed by atoms with Gasteiger partial charge in [0.05, 0.1) is 0 Å². The van der Waals surface area contributed by atoms with Gasteiger partial charge in [0.15, 0.2) is 0 Å². The molecule has 0 saturated heterocycles. The molecule has 44 heteroatoms. The number of alkyl halides is 28. The zero-order valence-electron chi connectivity index (χ0n) is 25.1. The van der Waals surface area contributed by atoms with Crippen LogP contribution < -0.4 is 0 Å². The average Bonchev–Trinajstić information content (AvgIpc) is 2.94. The van der Waals surface area contributed by atoms with Gasteiger partial charge in [-0.25, -0.2) is 19.4 Å². The molecule has 0 aromatic heterocycles. The molecule has 0 N–H and O–H groups in total. The molecular weight excluding hydrogens is 1020 g/mol. The molecule has 0 spiro atoms. The molecule has 12 nitrogen and oxygen atoms in total. The summed E-state index contributed by atoms with van der Waals surface area (Å²) in [5.41, 5.74) is 0. The Balaban J connectivity index is 7.31. The van der Waals surface area contributed by atoms with Gasteiger partial charge in [0, 0.05) is 0 Å². The van der Waals surface area contributed by atoms with Crippen molar-refractivity contribution in [1.29, 1.82) is 0 Å². The Labute approximate surface area is 302 Å². The molecule has 4 unspecified atom stereocenters. The largest absolute Gasteiger partial charge is 0.464 e. The van der Waals surface area contributed by atoms with Gasteiger partial charge in [0.2, 0.25) is 0 Å². The molecule has 0 heterocycles. The van der Waals surface area contributed by atoms with E-state index in [-0.39, 0.29) is 0 Å². The standard InChI is InChI=1S/C16F30O12S2/c17-3(7(21,22)23,55-11(33,34)5(19,9(27,28)29)57-13(37,38)15(41,42)59(45,49)50)1(47)53-54-2(48)4(18,8(24,25)26)56-12(35,36)6(20,10(30,31)32)58-14(39,40)16(43,44)60(46,51)52. The van der Waals surface area contributed by atoms with Crippen LogP contribution in [0, 0.1) is 0 Å². The predicted octanol–water partition coefficient (Wildman–Crippen LogP) is 7.12. The highest BCUT2D eigenvalue weighted by atomic mass is 32.3. The maximum atomic E-state index is 14.4. The first-order valence-electron chi connectivity index (χ1n) is 11.8. The Morgan fingerprint density at radius 1 is 0.317 bits per heavy atom. The molecular formula is C16F30O12S2. The first-order valence-corrected chi connectivity index (χ1v) is 14.6. The van der Waals surface area contributed by atoms with Crippen molar-refractivity contribution < 1.29 is 186 Å². The molecule has 0 saturated carbocycles. The van der Waals surface area contributed by atoms with Crippen molar-refractivity contribution in [2.75, 3.05) is 0 Å². The van der Waals surface area contributed by atoms with E-state index in [1.54, 1.807) is 9.78 Å². The number of halogens is 30. The van der Waals surface area contributed by atoms with Gasteiger partial charge >= 0.3 is 115 Å². The lowest BCUT2D eigenvalue weighted by molar-refractivity contribution is -0.537. The molecule has 0 amide bonds. The molecule has 0 fully saturated rings. The van der Waals surface area contributed by atoms with E-state index in [2.05, 4.69) is 0 Å². The maximum Gasteiger partial charge on any atom is 0.464 e. The van der Waals surface area contributed by atoms with Crippen LogP contribution in [0.15, 0.2) is 0 Å². The van der Waals surface area contributed by atoms with Crippen molar-refractivity contribution in [3.05, 3.63) is 0 Å². The molecule has 60 heavy (non-hydrogen) atoms. The minimum absolute atomic E-state index is 1.07. The van der Waals surface area contributed by atoms with Crippen molar-refractivity contribution in [3.8, 4) is 0 Å². The van der Waals surface area contributed by atoms with Crippen LogP contribution in [0.5, 0.6) is 0 Å². The minimum atomic E-state index is -8.78. The van der Waals surface area contributed by atoms with Gasteiger partial charge in [-0.15, -0.1) is 0 Å². The Morgan fingerprint density at radius 3 is 0.667 bits per heavy atom. The number of hydrogen-bond acceptors (Lipinski definition) is 12. The maximum absolute atomic E-state index is 14.4. The van der Waals surface area contributed by atoms with Crippen molar-refractivity contribution in [1.82, 2.24) is 0 Å². The third-order valence-corrected chi connectivity index (χ3v) is 6.99. The Hall–Kier alpha value is -3.42. The van der Waals surface area contributed by atoms with Gasteiger partial charge in [-0.05, 0) is 0 Å². The molecule has 0 aromatic carbocycles. The van der Waals surface area contributed by atoms with Crippen molar-refractivity contribution in [2.45, 2.75) is 83.1 Å². The van der Waals surface area contributed by atoms with Crippen LogP contribution in [0.3, 0.4) is 0 Å². The van der Waals surface area contributed by atoms with Crippen LogP contribution in [-0.2, 0) is 58.8 Å². The van der Waals surface area contributed by atoms with E-state index in [9.17, 15) is 157 Å². The summed E-state index contributed by atoms with van der Waals surface area (Å²) in [5.74, 6) is -44.7. The first-order chi connectivity index (χ1) is 25.4. The first kappa shape index (κ1) is 56.6. The third kappa shape index (κ3) is 9.63. The fourth-order valence-corrected chi connectivity index (χ4v) is 3.07. The highest BCUT2D eigenvalue weighted by Gasteiger charge is 2.87. The van der Waals surface area contributed by atoms with E-state index in [0.717, 1.165) is 9.47 Å². The highest BCUT2D eigenvalue weighted by Crippen LogP contribution is 2.57. The van der Waals surface area contributed by atoms with E-state index in [0.29, 0.717) is 0 Å². The topological polar surface area (TPSA) is 158 Å². The van der Waals surface area contributed by atoms with Crippen LogP contribution in [0.25, 0.3) is 0 Å². The number of carbonyl (C=O) groups is 2. The lowest BCUT2D eigenvalue weighted by Gasteiger charge is -2.39. The van der Waals surface area contributed by atoms with Gasteiger partial charge in [-0.3, -0.25) is 18.9 Å². The van der Waals surface area contributed by atoms with Crippen LogP contribution >= 0.6 is 0 Å². The van der Waals surface area contributed by atoms with E-state index in [4.69, 9.17) is 0 Å². The van der Waals surface area contributed by atoms with Crippen LogP contribution in [0.4, 0.5) is 131 Å². The molecule has 0 aliphatic rings. The van der Waals surface area contributed by atoms with E-state index >= 15 is 0 Å². The summed E-state index contributed by atoms with van der Waals surface area (Å²) in [6.07, 6.45) is -67.9. The molecule has 0 aromatic rings. The molecule has 4 atom stereocenters. The zero-order valence-corrected chi connectivity index (χ0v) is 26.7. The quantitative estimate of drug-likeness (QED) is 0.0669. The second-order valence-electron chi connectivity index (χ2n) is 9.50. The minimum Gasteiger partial charge on any atom is -0.262 e. The average molecular weight is 1020 g/mol. The fraction of sp³-hybridized carbons (Fsp3) is 0.875. The second-order valence-corrected chi connectivity index (χ2v) is 12.3. The van der Waals surface area contributed by atoms with Gasteiger partial charge in [0.25, 0.3) is 0 Å². The molecule has 358 valence electrons. The number of ether oxygens (including phenoxy) is 4. The third-order valence-electron chi connectivity index (χ3n) is 5.29. The summed E-state index contributed by atoms with van der Waals surface area (Å²) in [7, 11) is -17.1. The summed E-state index contributed by atoms with van der Waals surface area (Å²) in [5, 5.41) is -16.1. The fourth-order valence-electron chi connectivity index (χ4n) is 2.42. The van der Waals surface area contributed by atoms with Gasteiger partial charge in [-0.2, -0.15) is 140 Å². The number of rotatable bonds is 16. The summed E-state index contributed by atoms with van der Waals surface area (Å²) in [4.78, 5) is 26.3. The number of hydrogen-bond donors (Lipinski definition) is 0. The van der Waals surface area contributed by atoms with Gasteiger partial charge < -0.3 is 0 Å². The summed E-state index contributed by atoms with van der Waals surface area (Å²) >= 11 is 0. The predicted molar refractivity (Wildman–Crippen MR) is 106 cm³/mol. The Bertz CT molecular complexity index is 1700. The highest BCUT2D eigenvalue weighted by molar-refractivity contribution is 7.87. The molecule has 0 aliphatic heterocycles. The van der Waals surface area contributed by atoms with Gasteiger partial charge in [0.1, 0.15) is 0 Å².